The van der Waals surface area contributed by atoms with Gasteiger partial charge in [-0.3, -0.25) is 15.4 Å². The molecule has 0 saturated heterocycles. The van der Waals surface area contributed by atoms with Crippen LogP contribution in [0.2, 0.25) is 0 Å². The van der Waals surface area contributed by atoms with Crippen LogP contribution < -0.4 is 10.6 Å². The number of carbonyl (C=O) groups excluding carboxylic acids is 4. The van der Waals surface area contributed by atoms with Gasteiger partial charge in [0.15, 0.2) is 0 Å². The molecule has 1 aromatic carbocycles. The van der Waals surface area contributed by atoms with Gasteiger partial charge in [-0.2, -0.15) is 0 Å². The monoisotopic (exact) mass is 480 g/mol. The molecule has 188 valence electrons. The van der Waals surface area contributed by atoms with Crippen LogP contribution in [0.4, 0.5) is 21.0 Å². The van der Waals surface area contributed by atoms with Gasteiger partial charge in [-0.15, -0.1) is 0 Å². The van der Waals surface area contributed by atoms with Crippen LogP contribution in [0.15, 0.2) is 30.9 Å². The van der Waals surface area contributed by atoms with Crippen molar-refractivity contribution in [1.82, 2.24) is 0 Å². The molecular weight excluding hydrogens is 448 g/mol. The number of nitrogens with one attached hydrogen (secondary N) is 2. The Morgan fingerprint density at radius 2 is 1.59 bits per heavy atom. The highest BCUT2D eigenvalue weighted by Crippen LogP contribution is 2.26. The molecule has 0 aliphatic carbocycles. The molecule has 0 spiro atoms. The lowest BCUT2D eigenvalue weighted by Gasteiger charge is -2.30. The van der Waals surface area contributed by atoms with E-state index in [1.54, 1.807) is 25.1 Å². The van der Waals surface area contributed by atoms with E-state index in [-0.39, 0.29) is 33.0 Å². The topological polar surface area (TPSA) is 138 Å². The first-order valence-corrected chi connectivity index (χ1v) is 10.7. The van der Waals surface area contributed by atoms with Gasteiger partial charge in [-0.25, -0.2) is 14.4 Å². The number of esters is 1. The van der Waals surface area contributed by atoms with Gasteiger partial charge in [0.2, 0.25) is 0 Å². The highest BCUT2D eigenvalue weighted by atomic mass is 16.6. The summed E-state index contributed by atoms with van der Waals surface area (Å²) in [4.78, 5) is 46.0. The molecule has 0 aromatic heterocycles. The van der Waals surface area contributed by atoms with Crippen LogP contribution in [-0.4, -0.2) is 64.3 Å². The summed E-state index contributed by atoms with van der Waals surface area (Å²) in [6, 6.07) is 4.91. The molecule has 1 unspecified atom stereocenters. The highest BCUT2D eigenvalue weighted by molar-refractivity contribution is 5.91. The largest absolute Gasteiger partial charge is 0.467 e. The molecule has 1 aromatic rings. The van der Waals surface area contributed by atoms with Gasteiger partial charge in [-0.1, -0.05) is 19.6 Å². The Morgan fingerprint density at radius 1 is 0.971 bits per heavy atom. The predicted octanol–water partition coefficient (Wildman–Crippen LogP) is 3.43. The van der Waals surface area contributed by atoms with E-state index in [1.165, 1.54) is 0 Å². The minimum Gasteiger partial charge on any atom is -0.467 e. The van der Waals surface area contributed by atoms with Crippen molar-refractivity contribution >= 4 is 36.0 Å². The number of carbonyl (C=O) groups is 4. The maximum Gasteiger partial charge on any atom is 0.411 e. The molecule has 0 saturated carbocycles. The van der Waals surface area contributed by atoms with Gasteiger partial charge < -0.3 is 23.7 Å². The van der Waals surface area contributed by atoms with Crippen LogP contribution in [-0.2, 0) is 33.3 Å². The van der Waals surface area contributed by atoms with E-state index < -0.39 is 23.6 Å². The molecule has 0 heterocycles. The van der Waals surface area contributed by atoms with Crippen LogP contribution in [0, 0.1) is 12.3 Å². The molecule has 0 radical (unpaired) electrons. The summed E-state index contributed by atoms with van der Waals surface area (Å²) in [5.41, 5.74) is 0.717. The Bertz CT molecular complexity index is 844. The zero-order chi connectivity index (χ0) is 25.4. The smallest absolute Gasteiger partial charge is 0.411 e. The molecule has 1 rings (SSSR count). The Morgan fingerprint density at radius 3 is 2.15 bits per heavy atom. The Balaban J connectivity index is 2.68. The lowest BCUT2D eigenvalue weighted by atomic mass is 9.88. The third-order valence-electron chi connectivity index (χ3n) is 4.86. The van der Waals surface area contributed by atoms with Crippen LogP contribution in [0.25, 0.3) is 0 Å². The van der Waals surface area contributed by atoms with Crippen molar-refractivity contribution in [3.05, 3.63) is 36.4 Å². The average Bonchev–Trinajstić information content (AvgIpc) is 2.84. The van der Waals surface area contributed by atoms with Crippen molar-refractivity contribution in [2.75, 3.05) is 50.3 Å². The number of amides is 2. The molecular formula is C23H32N2O9. The van der Waals surface area contributed by atoms with Crippen LogP contribution in [0.1, 0.15) is 25.8 Å². The Hall–Kier alpha value is -3.60. The first kappa shape index (κ1) is 28.4. The van der Waals surface area contributed by atoms with Crippen molar-refractivity contribution in [3.8, 4) is 0 Å². The molecule has 0 aliphatic rings. The van der Waals surface area contributed by atoms with Crippen molar-refractivity contribution in [2.45, 2.75) is 27.2 Å². The SMILES string of the molecule is C=CC(=O)OCCOC(=O)Nc1cccc(NC(=O)OCC(CC)(COC=O)COCC)c1C. The minimum absolute atomic E-state index is 0.0249. The molecule has 0 fully saturated rings. The summed E-state index contributed by atoms with van der Waals surface area (Å²) in [6.07, 6.45) is 0.0952. The third-order valence-corrected chi connectivity index (χ3v) is 4.86. The first-order chi connectivity index (χ1) is 16.3. The third kappa shape index (κ3) is 9.90. The zero-order valence-electron chi connectivity index (χ0n) is 19.7. The average molecular weight is 481 g/mol. The second-order valence-corrected chi connectivity index (χ2v) is 7.21. The normalized spacial score (nSPS) is 12.0. The number of hydrogen-bond donors (Lipinski definition) is 2. The predicted molar refractivity (Wildman–Crippen MR) is 124 cm³/mol. The van der Waals surface area contributed by atoms with Crippen molar-refractivity contribution < 1.29 is 42.9 Å². The molecule has 0 aliphatic heterocycles. The molecule has 34 heavy (non-hydrogen) atoms. The lowest BCUT2D eigenvalue weighted by molar-refractivity contribution is -0.138. The first-order valence-electron chi connectivity index (χ1n) is 10.7. The summed E-state index contributed by atoms with van der Waals surface area (Å²) in [7, 11) is 0. The number of rotatable bonds is 15. The minimum atomic E-state index is -0.753. The van der Waals surface area contributed by atoms with Gasteiger partial charge in [0, 0.05) is 24.1 Å². The molecule has 2 amide bonds. The summed E-state index contributed by atoms with van der Waals surface area (Å²) in [6.45, 7) is 9.54. The van der Waals surface area contributed by atoms with Crippen molar-refractivity contribution in [2.24, 2.45) is 5.41 Å². The summed E-state index contributed by atoms with van der Waals surface area (Å²) in [5.74, 6) is -0.615. The van der Waals surface area contributed by atoms with Crippen LogP contribution in [0.3, 0.4) is 0 Å². The quantitative estimate of drug-likeness (QED) is 0.127. The van der Waals surface area contributed by atoms with E-state index in [2.05, 4.69) is 17.2 Å². The number of benzene rings is 1. The van der Waals surface area contributed by atoms with Crippen molar-refractivity contribution in [1.29, 1.82) is 0 Å². The van der Waals surface area contributed by atoms with Gasteiger partial charge in [0.25, 0.3) is 6.47 Å². The molecule has 2 N–H and O–H groups in total. The molecule has 11 heteroatoms. The second-order valence-electron chi connectivity index (χ2n) is 7.21. The molecule has 0 bridgehead atoms. The van der Waals surface area contributed by atoms with E-state index >= 15 is 0 Å². The van der Waals surface area contributed by atoms with Crippen molar-refractivity contribution in [3.63, 3.8) is 0 Å². The highest BCUT2D eigenvalue weighted by Gasteiger charge is 2.32. The number of anilines is 2. The van der Waals surface area contributed by atoms with E-state index in [1.807, 2.05) is 13.8 Å². The lowest BCUT2D eigenvalue weighted by Crippen LogP contribution is -2.38. The fraction of sp³-hybridized carbons (Fsp3) is 0.478. The number of hydrogen-bond acceptors (Lipinski definition) is 9. The van der Waals surface area contributed by atoms with Crippen LogP contribution >= 0.6 is 0 Å². The zero-order valence-corrected chi connectivity index (χ0v) is 19.7. The maximum atomic E-state index is 12.4. The van der Waals surface area contributed by atoms with E-state index in [0.717, 1.165) is 6.08 Å². The summed E-state index contributed by atoms with van der Waals surface area (Å²) in [5, 5.41) is 5.19. The van der Waals surface area contributed by atoms with E-state index in [4.69, 9.17) is 23.7 Å². The Kier molecular flexibility index (Phi) is 12.8. The van der Waals surface area contributed by atoms with Crippen LogP contribution in [0.5, 0.6) is 0 Å². The van der Waals surface area contributed by atoms with Gasteiger partial charge in [-0.05, 0) is 38.0 Å². The maximum absolute atomic E-state index is 12.4. The van der Waals surface area contributed by atoms with E-state index in [9.17, 15) is 19.2 Å². The number of ether oxygens (including phenoxy) is 5. The standard InChI is InChI=1S/C23H32N2O9/c1-5-20(27)32-11-12-33-21(28)24-18-9-8-10-19(17(18)4)25-22(29)34-15-23(6-2,13-30-7-3)14-31-16-26/h5,8-10,16H,1,6-7,11-15H2,2-4H3,(H,24,28)(H,25,29). The van der Waals surface area contributed by atoms with Gasteiger partial charge >= 0.3 is 18.2 Å². The fourth-order valence-electron chi connectivity index (χ4n) is 2.71. The summed E-state index contributed by atoms with van der Waals surface area (Å²) < 4.78 is 25.4. The molecule has 11 nitrogen and oxygen atoms in total. The summed E-state index contributed by atoms with van der Waals surface area (Å²) >= 11 is 0. The van der Waals surface area contributed by atoms with E-state index in [0.29, 0.717) is 36.4 Å². The van der Waals surface area contributed by atoms with Gasteiger partial charge in [0.1, 0.15) is 26.4 Å². The Labute approximate surface area is 198 Å². The molecule has 1 atom stereocenters. The fourth-order valence-corrected chi connectivity index (χ4v) is 2.71. The second kappa shape index (κ2) is 15.3. The van der Waals surface area contributed by atoms with Gasteiger partial charge in [0.05, 0.1) is 12.0 Å².